The second-order valence-electron chi connectivity index (χ2n) is 4.52. The van der Waals surface area contributed by atoms with E-state index in [0.29, 0.717) is 22.2 Å². The second-order valence-corrected chi connectivity index (χ2v) is 7.35. The van der Waals surface area contributed by atoms with Gasteiger partial charge in [-0.15, -0.1) is 0 Å². The summed E-state index contributed by atoms with van der Waals surface area (Å²) < 4.78 is 0.955. The van der Waals surface area contributed by atoms with Crippen molar-refractivity contribution in [3.8, 4) is 0 Å². The zero-order valence-corrected chi connectivity index (χ0v) is 15.5. The standard InChI is InChI=1S/C16H14BrCl2NOS/c17-12-6-4-11(5-7-12)16(21)20-8-9-22-10-13-14(18)2-1-3-15(13)19/h1-7H,8-10H2,(H,20,21). The van der Waals surface area contributed by atoms with E-state index >= 15 is 0 Å². The van der Waals surface area contributed by atoms with E-state index in [9.17, 15) is 4.79 Å². The van der Waals surface area contributed by atoms with Gasteiger partial charge in [-0.1, -0.05) is 45.2 Å². The van der Waals surface area contributed by atoms with E-state index in [1.807, 2.05) is 30.3 Å². The summed E-state index contributed by atoms with van der Waals surface area (Å²) >= 11 is 17.3. The van der Waals surface area contributed by atoms with Crippen LogP contribution in [0.4, 0.5) is 0 Å². The number of rotatable bonds is 6. The fourth-order valence-electron chi connectivity index (χ4n) is 1.78. The molecule has 1 amide bonds. The molecule has 0 heterocycles. The largest absolute Gasteiger partial charge is 0.351 e. The van der Waals surface area contributed by atoms with Crippen molar-refractivity contribution >= 4 is 56.8 Å². The fraction of sp³-hybridized carbons (Fsp3) is 0.188. The maximum absolute atomic E-state index is 11.9. The highest BCUT2D eigenvalue weighted by Gasteiger charge is 2.06. The zero-order valence-electron chi connectivity index (χ0n) is 11.6. The first-order valence-corrected chi connectivity index (χ1v) is 9.32. The van der Waals surface area contributed by atoms with E-state index in [-0.39, 0.29) is 5.91 Å². The Balaban J connectivity index is 1.73. The molecule has 0 aliphatic carbocycles. The lowest BCUT2D eigenvalue weighted by atomic mass is 10.2. The number of hydrogen-bond donors (Lipinski definition) is 1. The summed E-state index contributed by atoms with van der Waals surface area (Å²) in [5.41, 5.74) is 1.59. The topological polar surface area (TPSA) is 29.1 Å². The van der Waals surface area contributed by atoms with Crippen LogP contribution in [0.1, 0.15) is 15.9 Å². The summed E-state index contributed by atoms with van der Waals surface area (Å²) in [4.78, 5) is 11.9. The summed E-state index contributed by atoms with van der Waals surface area (Å²) in [7, 11) is 0. The van der Waals surface area contributed by atoms with Crippen molar-refractivity contribution in [1.82, 2.24) is 5.32 Å². The van der Waals surface area contributed by atoms with Crippen LogP contribution in [0.5, 0.6) is 0 Å². The molecule has 0 fully saturated rings. The zero-order chi connectivity index (χ0) is 15.9. The van der Waals surface area contributed by atoms with Gasteiger partial charge in [0.25, 0.3) is 5.91 Å². The van der Waals surface area contributed by atoms with Gasteiger partial charge in [-0.2, -0.15) is 11.8 Å². The second kappa shape index (κ2) is 8.82. The Kier molecular flexibility index (Phi) is 7.09. The van der Waals surface area contributed by atoms with Crippen molar-refractivity contribution < 1.29 is 4.79 Å². The molecule has 2 rings (SSSR count). The predicted molar refractivity (Wildman–Crippen MR) is 99.1 cm³/mol. The monoisotopic (exact) mass is 417 g/mol. The third-order valence-electron chi connectivity index (χ3n) is 2.95. The molecule has 0 aromatic heterocycles. The average molecular weight is 419 g/mol. The third-order valence-corrected chi connectivity index (χ3v) is 5.17. The smallest absolute Gasteiger partial charge is 0.251 e. The van der Waals surface area contributed by atoms with Crippen LogP contribution in [-0.4, -0.2) is 18.2 Å². The number of carbonyl (C=O) groups excluding carboxylic acids is 1. The van der Waals surface area contributed by atoms with Crippen LogP contribution in [0.3, 0.4) is 0 Å². The molecule has 0 atom stereocenters. The lowest BCUT2D eigenvalue weighted by molar-refractivity contribution is 0.0956. The average Bonchev–Trinajstić information content (AvgIpc) is 2.50. The van der Waals surface area contributed by atoms with E-state index < -0.39 is 0 Å². The van der Waals surface area contributed by atoms with Crippen molar-refractivity contribution in [2.24, 2.45) is 0 Å². The minimum atomic E-state index is -0.0659. The molecule has 116 valence electrons. The van der Waals surface area contributed by atoms with Crippen LogP contribution < -0.4 is 5.32 Å². The first kappa shape index (κ1) is 17.7. The summed E-state index contributed by atoms with van der Waals surface area (Å²) in [6, 6.07) is 12.8. The molecule has 0 aliphatic heterocycles. The van der Waals surface area contributed by atoms with E-state index in [1.54, 1.807) is 23.9 Å². The highest BCUT2D eigenvalue weighted by molar-refractivity contribution is 9.10. The van der Waals surface area contributed by atoms with Crippen molar-refractivity contribution in [2.75, 3.05) is 12.3 Å². The Morgan fingerprint density at radius 2 is 1.73 bits per heavy atom. The molecule has 0 saturated carbocycles. The Labute approximate surface area is 152 Å². The van der Waals surface area contributed by atoms with Gasteiger partial charge in [-0.3, -0.25) is 4.79 Å². The number of benzene rings is 2. The lowest BCUT2D eigenvalue weighted by Crippen LogP contribution is -2.25. The van der Waals surface area contributed by atoms with Gasteiger partial charge in [0.05, 0.1) is 0 Å². The molecule has 0 aliphatic rings. The van der Waals surface area contributed by atoms with Gasteiger partial charge < -0.3 is 5.32 Å². The maximum atomic E-state index is 11.9. The Hall–Kier alpha value is -0.680. The quantitative estimate of drug-likeness (QED) is 0.634. The Morgan fingerprint density at radius 3 is 2.36 bits per heavy atom. The van der Waals surface area contributed by atoms with Crippen LogP contribution in [0, 0.1) is 0 Å². The van der Waals surface area contributed by atoms with E-state index in [2.05, 4.69) is 21.2 Å². The van der Waals surface area contributed by atoms with Crippen molar-refractivity contribution in [3.05, 3.63) is 68.1 Å². The molecule has 0 radical (unpaired) electrons. The lowest BCUT2D eigenvalue weighted by Gasteiger charge is -2.08. The summed E-state index contributed by atoms with van der Waals surface area (Å²) in [6.45, 7) is 0.599. The number of nitrogens with one attached hydrogen (secondary N) is 1. The predicted octanol–water partition coefficient (Wildman–Crippen LogP) is 5.42. The fourth-order valence-corrected chi connectivity index (χ4v) is 3.64. The Bertz CT molecular complexity index is 629. The molecular formula is C16H14BrCl2NOS. The van der Waals surface area contributed by atoms with Crippen molar-refractivity contribution in [3.63, 3.8) is 0 Å². The van der Waals surface area contributed by atoms with Gasteiger partial charge in [0.15, 0.2) is 0 Å². The van der Waals surface area contributed by atoms with Gasteiger partial charge in [0.2, 0.25) is 0 Å². The van der Waals surface area contributed by atoms with Gasteiger partial charge >= 0.3 is 0 Å². The van der Waals surface area contributed by atoms with Gasteiger partial charge in [0, 0.05) is 38.1 Å². The van der Waals surface area contributed by atoms with E-state index in [0.717, 1.165) is 21.5 Å². The number of amides is 1. The van der Waals surface area contributed by atoms with E-state index in [4.69, 9.17) is 23.2 Å². The number of carbonyl (C=O) groups is 1. The third kappa shape index (κ3) is 5.20. The van der Waals surface area contributed by atoms with E-state index in [1.165, 1.54) is 0 Å². The van der Waals surface area contributed by atoms with Crippen LogP contribution >= 0.6 is 50.9 Å². The van der Waals surface area contributed by atoms with Crippen LogP contribution in [0.2, 0.25) is 10.0 Å². The first-order valence-electron chi connectivity index (χ1n) is 6.62. The highest BCUT2D eigenvalue weighted by atomic mass is 79.9. The summed E-state index contributed by atoms with van der Waals surface area (Å²) in [5.74, 6) is 1.46. The number of thioether (sulfide) groups is 1. The van der Waals surface area contributed by atoms with Crippen LogP contribution in [0.25, 0.3) is 0 Å². The summed E-state index contributed by atoms with van der Waals surface area (Å²) in [6.07, 6.45) is 0. The van der Waals surface area contributed by atoms with Crippen LogP contribution in [-0.2, 0) is 5.75 Å². The van der Waals surface area contributed by atoms with Crippen molar-refractivity contribution in [2.45, 2.75) is 5.75 Å². The number of halogens is 3. The number of hydrogen-bond acceptors (Lipinski definition) is 2. The molecule has 2 aromatic rings. The molecule has 6 heteroatoms. The highest BCUT2D eigenvalue weighted by Crippen LogP contribution is 2.27. The molecule has 0 unspecified atom stereocenters. The Morgan fingerprint density at radius 1 is 1.09 bits per heavy atom. The molecule has 22 heavy (non-hydrogen) atoms. The van der Waals surface area contributed by atoms with Crippen LogP contribution in [0.15, 0.2) is 46.9 Å². The maximum Gasteiger partial charge on any atom is 0.251 e. The van der Waals surface area contributed by atoms with Gasteiger partial charge in [-0.05, 0) is 42.0 Å². The normalized spacial score (nSPS) is 10.5. The SMILES string of the molecule is O=C(NCCSCc1c(Cl)cccc1Cl)c1ccc(Br)cc1. The van der Waals surface area contributed by atoms with Gasteiger partial charge in [-0.25, -0.2) is 0 Å². The first-order chi connectivity index (χ1) is 10.6. The molecule has 0 bridgehead atoms. The minimum absolute atomic E-state index is 0.0659. The minimum Gasteiger partial charge on any atom is -0.351 e. The molecule has 0 saturated heterocycles. The molecule has 0 spiro atoms. The molecule has 2 nitrogen and oxygen atoms in total. The van der Waals surface area contributed by atoms with Crippen molar-refractivity contribution in [1.29, 1.82) is 0 Å². The summed E-state index contributed by atoms with van der Waals surface area (Å²) in [5, 5.41) is 4.25. The molecular weight excluding hydrogens is 405 g/mol. The van der Waals surface area contributed by atoms with Gasteiger partial charge in [0.1, 0.15) is 0 Å². The molecule has 2 aromatic carbocycles. The molecule has 1 N–H and O–H groups in total.